The Hall–Kier alpha value is -0.500. The van der Waals surface area contributed by atoms with Gasteiger partial charge in [-0.15, -0.1) is 0 Å². The predicted molar refractivity (Wildman–Crippen MR) is 118 cm³/mol. The Balaban J connectivity index is 1.89. The van der Waals surface area contributed by atoms with Crippen molar-refractivity contribution in [2.24, 2.45) is 5.92 Å². The van der Waals surface area contributed by atoms with E-state index in [1.54, 1.807) is 48.2 Å². The molecular weight excluding hydrogens is 486 g/mol. The van der Waals surface area contributed by atoms with Crippen molar-refractivity contribution in [2.45, 2.75) is 29.9 Å². The van der Waals surface area contributed by atoms with E-state index < -0.39 is 24.1 Å². The Morgan fingerprint density at radius 1 is 1.18 bits per heavy atom. The minimum Gasteiger partial charge on any atom is -0.348 e. The second-order valence-electron chi connectivity index (χ2n) is 6.76. The number of hydrogen-bond donors (Lipinski definition) is 2. The van der Waals surface area contributed by atoms with Crippen LogP contribution in [0.3, 0.4) is 0 Å². The van der Waals surface area contributed by atoms with Gasteiger partial charge in [0.1, 0.15) is 0 Å². The maximum Gasteiger partial charge on any atom is 0.206 e. The molecule has 0 radical (unpaired) electrons. The van der Waals surface area contributed by atoms with E-state index in [-0.39, 0.29) is 5.56 Å². The van der Waals surface area contributed by atoms with Crippen molar-refractivity contribution in [1.29, 1.82) is 0 Å². The third-order valence-corrected chi connectivity index (χ3v) is 7.93. The average molecular weight is 509 g/mol. The SMILES string of the molecule is CC(CSCc1ccc(C(F)P(O)O)c(Br)c1)Cc1cccc(S(C)(=O)=O)c1. The quantitative estimate of drug-likeness (QED) is 0.453. The van der Waals surface area contributed by atoms with Crippen LogP contribution in [0, 0.1) is 5.92 Å². The lowest BCUT2D eigenvalue weighted by Gasteiger charge is -2.14. The fraction of sp³-hybridized carbons (Fsp3) is 0.368. The van der Waals surface area contributed by atoms with Gasteiger partial charge in [0.05, 0.1) is 4.90 Å². The van der Waals surface area contributed by atoms with Crippen LogP contribution in [-0.4, -0.2) is 30.2 Å². The third-order valence-electron chi connectivity index (χ3n) is 4.11. The maximum absolute atomic E-state index is 13.8. The van der Waals surface area contributed by atoms with Gasteiger partial charge in [0, 0.05) is 22.0 Å². The molecule has 2 aromatic rings. The summed E-state index contributed by atoms with van der Waals surface area (Å²) >= 11 is 5.04. The normalized spacial score (nSPS) is 14.2. The van der Waals surface area contributed by atoms with E-state index in [4.69, 9.17) is 9.79 Å². The third kappa shape index (κ3) is 7.08. The van der Waals surface area contributed by atoms with Crippen LogP contribution in [0.2, 0.25) is 0 Å². The van der Waals surface area contributed by atoms with E-state index in [1.165, 1.54) is 6.26 Å². The van der Waals surface area contributed by atoms with Crippen LogP contribution in [0.5, 0.6) is 0 Å². The molecule has 0 aliphatic carbocycles. The molecule has 9 heteroatoms. The van der Waals surface area contributed by atoms with Crippen LogP contribution in [0.25, 0.3) is 0 Å². The molecule has 0 fully saturated rings. The lowest BCUT2D eigenvalue weighted by atomic mass is 10.0. The Labute approximate surface area is 179 Å². The van der Waals surface area contributed by atoms with Gasteiger partial charge in [0.2, 0.25) is 8.38 Å². The van der Waals surface area contributed by atoms with E-state index in [0.717, 1.165) is 29.1 Å². The molecule has 0 saturated carbocycles. The molecule has 0 amide bonds. The van der Waals surface area contributed by atoms with Crippen molar-refractivity contribution in [1.82, 2.24) is 0 Å². The standard InChI is InChI=1S/C19H23BrFO4PS2/c1-13(8-14-4-3-5-16(9-14)28(2,24)25)11-27-12-15-6-7-17(18(20)10-15)19(21)26(22)23/h3-7,9-10,13,19,22-23H,8,11-12H2,1-2H3. The summed E-state index contributed by atoms with van der Waals surface area (Å²) in [4.78, 5) is 18.4. The summed E-state index contributed by atoms with van der Waals surface area (Å²) in [5, 5.41) is 0. The second-order valence-corrected chi connectivity index (χ2v) is 11.8. The molecule has 0 bridgehead atoms. The zero-order valence-electron chi connectivity index (χ0n) is 15.5. The van der Waals surface area contributed by atoms with Gasteiger partial charge in [0.25, 0.3) is 0 Å². The molecule has 2 unspecified atom stereocenters. The highest BCUT2D eigenvalue weighted by atomic mass is 79.9. The first kappa shape index (κ1) is 23.8. The van der Waals surface area contributed by atoms with Crippen molar-refractivity contribution in [2.75, 3.05) is 12.0 Å². The smallest absolute Gasteiger partial charge is 0.206 e. The number of halogens is 2. The van der Waals surface area contributed by atoms with Crippen LogP contribution < -0.4 is 0 Å². The first-order valence-corrected chi connectivity index (χ1v) is 13.7. The molecule has 0 spiro atoms. The summed E-state index contributed by atoms with van der Waals surface area (Å²) in [7, 11) is -5.86. The highest BCUT2D eigenvalue weighted by Crippen LogP contribution is 2.47. The summed E-state index contributed by atoms with van der Waals surface area (Å²) in [5.41, 5.74) is 2.25. The maximum atomic E-state index is 13.8. The minimum atomic E-state index is -3.20. The lowest BCUT2D eigenvalue weighted by Crippen LogP contribution is -2.05. The summed E-state index contributed by atoms with van der Waals surface area (Å²) in [6.45, 7) is 2.12. The van der Waals surface area contributed by atoms with E-state index in [2.05, 4.69) is 22.9 Å². The number of thioether (sulfide) groups is 1. The molecule has 154 valence electrons. The van der Waals surface area contributed by atoms with Gasteiger partial charge in [0.15, 0.2) is 15.8 Å². The molecule has 2 rings (SSSR count). The average Bonchev–Trinajstić information content (AvgIpc) is 2.60. The van der Waals surface area contributed by atoms with E-state index in [1.807, 2.05) is 6.07 Å². The van der Waals surface area contributed by atoms with Crippen LogP contribution in [0.1, 0.15) is 29.5 Å². The second kappa shape index (κ2) is 10.5. The molecule has 4 nitrogen and oxygen atoms in total. The van der Waals surface area contributed by atoms with Crippen LogP contribution in [0.15, 0.2) is 51.8 Å². The van der Waals surface area contributed by atoms with Crippen molar-refractivity contribution in [3.05, 3.63) is 63.6 Å². The van der Waals surface area contributed by atoms with Gasteiger partial charge < -0.3 is 9.79 Å². The van der Waals surface area contributed by atoms with Crippen molar-refractivity contribution in [3.8, 4) is 0 Å². The number of rotatable bonds is 9. The summed E-state index contributed by atoms with van der Waals surface area (Å²) in [6.07, 6.45) is 2.00. The predicted octanol–water partition coefficient (Wildman–Crippen LogP) is 5.23. The number of alkyl halides is 1. The van der Waals surface area contributed by atoms with Gasteiger partial charge in [-0.2, -0.15) is 11.8 Å². The monoisotopic (exact) mass is 508 g/mol. The summed E-state index contributed by atoms with van der Waals surface area (Å²) in [6, 6.07) is 12.2. The Kier molecular flexibility index (Phi) is 8.92. The van der Waals surface area contributed by atoms with Gasteiger partial charge >= 0.3 is 0 Å². The molecular formula is C19H23BrFO4PS2. The molecule has 2 N–H and O–H groups in total. The Bertz CT molecular complexity index is 909. The summed E-state index contributed by atoms with van der Waals surface area (Å²) in [5.74, 6) is 0.225. The number of sulfone groups is 1. The van der Waals surface area contributed by atoms with Gasteiger partial charge in [-0.25, -0.2) is 12.8 Å². The van der Waals surface area contributed by atoms with Crippen LogP contribution >= 0.6 is 36.1 Å². The van der Waals surface area contributed by atoms with Crippen LogP contribution in [-0.2, 0) is 22.0 Å². The van der Waals surface area contributed by atoms with Gasteiger partial charge in [-0.05, 0) is 47.4 Å². The molecule has 2 atom stereocenters. The molecule has 0 heterocycles. The number of hydrogen-bond acceptors (Lipinski definition) is 5. The Morgan fingerprint density at radius 2 is 1.89 bits per heavy atom. The van der Waals surface area contributed by atoms with E-state index in [9.17, 15) is 12.8 Å². The van der Waals surface area contributed by atoms with E-state index in [0.29, 0.717) is 15.3 Å². The first-order valence-electron chi connectivity index (χ1n) is 8.54. The fourth-order valence-corrected chi connectivity index (χ4v) is 5.74. The summed E-state index contributed by atoms with van der Waals surface area (Å²) < 4.78 is 37.6. The zero-order chi connectivity index (χ0) is 20.9. The highest BCUT2D eigenvalue weighted by Gasteiger charge is 2.21. The molecule has 0 aliphatic rings. The van der Waals surface area contributed by atoms with Gasteiger partial charge in [-0.3, -0.25) is 0 Å². The highest BCUT2D eigenvalue weighted by molar-refractivity contribution is 9.10. The molecule has 0 aliphatic heterocycles. The van der Waals surface area contributed by atoms with Crippen molar-refractivity contribution in [3.63, 3.8) is 0 Å². The largest absolute Gasteiger partial charge is 0.348 e. The zero-order valence-corrected chi connectivity index (χ0v) is 19.7. The molecule has 2 aromatic carbocycles. The van der Waals surface area contributed by atoms with Gasteiger partial charge in [-0.1, -0.05) is 47.1 Å². The van der Waals surface area contributed by atoms with Crippen molar-refractivity contribution < 1.29 is 22.6 Å². The number of benzene rings is 2. The van der Waals surface area contributed by atoms with Crippen LogP contribution in [0.4, 0.5) is 4.39 Å². The molecule has 0 aromatic heterocycles. The lowest BCUT2D eigenvalue weighted by molar-refractivity contribution is 0.372. The molecule has 0 saturated heterocycles. The fourth-order valence-electron chi connectivity index (χ4n) is 2.72. The van der Waals surface area contributed by atoms with E-state index >= 15 is 0 Å². The topological polar surface area (TPSA) is 74.6 Å². The first-order chi connectivity index (χ1) is 13.1. The Morgan fingerprint density at radius 3 is 2.50 bits per heavy atom. The van der Waals surface area contributed by atoms with Crippen molar-refractivity contribution >= 4 is 45.9 Å². The molecule has 28 heavy (non-hydrogen) atoms. The minimum absolute atomic E-state index is 0.240.